The van der Waals surface area contributed by atoms with Gasteiger partial charge in [-0.2, -0.15) is 0 Å². The zero-order valence-electron chi connectivity index (χ0n) is 16.5. The predicted molar refractivity (Wildman–Crippen MR) is 108 cm³/mol. The number of aryl methyl sites for hydroxylation is 2. The Morgan fingerprint density at radius 2 is 1.75 bits per heavy atom. The lowest BCUT2D eigenvalue weighted by atomic mass is 9.89. The Morgan fingerprint density at radius 3 is 2.43 bits per heavy atom. The summed E-state index contributed by atoms with van der Waals surface area (Å²) < 4.78 is 5.78. The minimum Gasteiger partial charge on any atom is -0.508 e. The highest BCUT2D eigenvalue weighted by Crippen LogP contribution is 2.24. The van der Waals surface area contributed by atoms with E-state index in [2.05, 4.69) is 0 Å². The number of phenols is 1. The largest absolute Gasteiger partial charge is 0.508 e. The SMILES string of the molecule is Cc1ccc(C)c(OCCC(=O)N2CCC(C(=O)c3ccc(O)cc3)CC2)c1. The van der Waals surface area contributed by atoms with Gasteiger partial charge in [0.05, 0.1) is 13.0 Å². The van der Waals surface area contributed by atoms with E-state index in [1.165, 1.54) is 12.1 Å². The van der Waals surface area contributed by atoms with Crippen LogP contribution < -0.4 is 4.74 Å². The van der Waals surface area contributed by atoms with E-state index in [4.69, 9.17) is 4.74 Å². The number of nitrogens with zero attached hydrogens (tertiary/aromatic N) is 1. The van der Waals surface area contributed by atoms with E-state index in [-0.39, 0.29) is 23.4 Å². The highest BCUT2D eigenvalue weighted by atomic mass is 16.5. The standard InChI is InChI=1S/C23H27NO4/c1-16-3-4-17(2)21(15-16)28-14-11-22(26)24-12-9-19(10-13-24)23(27)18-5-7-20(25)8-6-18/h3-8,15,19,25H,9-14H2,1-2H3. The third-order valence-electron chi connectivity index (χ3n) is 5.29. The van der Waals surface area contributed by atoms with Gasteiger partial charge in [-0.3, -0.25) is 9.59 Å². The van der Waals surface area contributed by atoms with Crippen LogP contribution in [0.25, 0.3) is 0 Å². The van der Waals surface area contributed by atoms with Crippen LogP contribution in [0.1, 0.15) is 40.7 Å². The molecule has 0 spiro atoms. The fourth-order valence-electron chi connectivity index (χ4n) is 3.52. The first-order chi connectivity index (χ1) is 13.4. The van der Waals surface area contributed by atoms with Gasteiger partial charge in [0.1, 0.15) is 11.5 Å². The van der Waals surface area contributed by atoms with Crippen LogP contribution in [0, 0.1) is 19.8 Å². The summed E-state index contributed by atoms with van der Waals surface area (Å²) in [5.41, 5.74) is 2.81. The molecule has 1 saturated heterocycles. The van der Waals surface area contributed by atoms with Gasteiger partial charge in [-0.05, 0) is 68.1 Å². The van der Waals surface area contributed by atoms with Gasteiger partial charge < -0.3 is 14.7 Å². The number of hydrogen-bond acceptors (Lipinski definition) is 4. The van der Waals surface area contributed by atoms with Crippen molar-refractivity contribution < 1.29 is 19.4 Å². The Hall–Kier alpha value is -2.82. The van der Waals surface area contributed by atoms with Gasteiger partial charge >= 0.3 is 0 Å². The number of ether oxygens (including phenoxy) is 1. The Balaban J connectivity index is 1.45. The molecule has 0 unspecified atom stereocenters. The van der Waals surface area contributed by atoms with E-state index >= 15 is 0 Å². The molecule has 1 aliphatic rings. The number of likely N-dealkylation sites (tertiary alicyclic amines) is 1. The molecule has 1 heterocycles. The van der Waals surface area contributed by atoms with Crippen molar-refractivity contribution in [3.8, 4) is 11.5 Å². The number of aromatic hydroxyl groups is 1. The molecular weight excluding hydrogens is 354 g/mol. The van der Waals surface area contributed by atoms with E-state index in [0.29, 0.717) is 44.5 Å². The number of carbonyl (C=O) groups excluding carboxylic acids is 2. The zero-order valence-corrected chi connectivity index (χ0v) is 16.5. The van der Waals surface area contributed by atoms with Gasteiger partial charge in [-0.25, -0.2) is 0 Å². The van der Waals surface area contributed by atoms with E-state index in [0.717, 1.165) is 16.9 Å². The minimum atomic E-state index is -0.0696. The van der Waals surface area contributed by atoms with Crippen molar-refractivity contribution in [3.63, 3.8) is 0 Å². The van der Waals surface area contributed by atoms with Crippen LogP contribution in [0.3, 0.4) is 0 Å². The zero-order chi connectivity index (χ0) is 20.1. The van der Waals surface area contributed by atoms with Crippen molar-refractivity contribution in [2.45, 2.75) is 33.1 Å². The van der Waals surface area contributed by atoms with Crippen LogP contribution in [0.5, 0.6) is 11.5 Å². The molecule has 2 aromatic rings. The van der Waals surface area contributed by atoms with Gasteiger partial charge in [-0.1, -0.05) is 12.1 Å². The fraction of sp³-hybridized carbons (Fsp3) is 0.391. The highest BCUT2D eigenvalue weighted by molar-refractivity contribution is 5.98. The lowest BCUT2D eigenvalue weighted by molar-refractivity contribution is -0.132. The van der Waals surface area contributed by atoms with Crippen molar-refractivity contribution in [3.05, 3.63) is 59.2 Å². The normalized spacial score (nSPS) is 14.7. The predicted octanol–water partition coefficient (Wildman–Crippen LogP) is 3.90. The van der Waals surface area contributed by atoms with E-state index in [9.17, 15) is 14.7 Å². The average molecular weight is 381 g/mol. The van der Waals surface area contributed by atoms with E-state index in [1.807, 2.05) is 36.9 Å². The molecule has 0 aliphatic carbocycles. The maximum atomic E-state index is 12.6. The summed E-state index contributed by atoms with van der Waals surface area (Å²) in [6.45, 7) is 5.55. The number of ketones is 1. The Labute approximate surface area is 165 Å². The van der Waals surface area contributed by atoms with Crippen LogP contribution in [0.4, 0.5) is 0 Å². The van der Waals surface area contributed by atoms with Crippen LogP contribution in [0.2, 0.25) is 0 Å². The molecule has 3 rings (SSSR count). The summed E-state index contributed by atoms with van der Waals surface area (Å²) in [7, 11) is 0. The van der Waals surface area contributed by atoms with Gasteiger partial charge in [0.2, 0.25) is 5.91 Å². The van der Waals surface area contributed by atoms with Gasteiger partial charge in [0.25, 0.3) is 0 Å². The molecule has 1 aliphatic heterocycles. The van der Waals surface area contributed by atoms with Gasteiger partial charge in [0, 0.05) is 24.6 Å². The van der Waals surface area contributed by atoms with Crippen molar-refractivity contribution in [1.82, 2.24) is 4.90 Å². The smallest absolute Gasteiger partial charge is 0.225 e. The van der Waals surface area contributed by atoms with Gasteiger partial charge in [0.15, 0.2) is 5.78 Å². The molecule has 0 radical (unpaired) electrons. The second-order valence-electron chi connectivity index (χ2n) is 7.43. The lowest BCUT2D eigenvalue weighted by Gasteiger charge is -2.31. The first-order valence-electron chi connectivity index (χ1n) is 9.75. The molecular formula is C23H27NO4. The first-order valence-corrected chi connectivity index (χ1v) is 9.75. The number of amides is 1. The summed E-state index contributed by atoms with van der Waals surface area (Å²) in [6, 6.07) is 12.4. The molecule has 0 saturated carbocycles. The number of benzene rings is 2. The minimum absolute atomic E-state index is 0.0696. The number of carbonyl (C=O) groups is 2. The first kappa shape index (κ1) is 19.9. The summed E-state index contributed by atoms with van der Waals surface area (Å²) in [4.78, 5) is 26.9. The highest BCUT2D eigenvalue weighted by Gasteiger charge is 2.27. The quantitative estimate of drug-likeness (QED) is 0.771. The topological polar surface area (TPSA) is 66.8 Å². The molecule has 5 nitrogen and oxygen atoms in total. The molecule has 5 heteroatoms. The molecule has 0 bridgehead atoms. The molecule has 1 amide bonds. The molecule has 28 heavy (non-hydrogen) atoms. The maximum absolute atomic E-state index is 12.6. The van der Waals surface area contributed by atoms with E-state index < -0.39 is 0 Å². The summed E-state index contributed by atoms with van der Waals surface area (Å²) in [5, 5.41) is 9.35. The van der Waals surface area contributed by atoms with Crippen LogP contribution >= 0.6 is 0 Å². The second kappa shape index (κ2) is 8.91. The van der Waals surface area contributed by atoms with Crippen LogP contribution in [-0.4, -0.2) is 41.4 Å². The summed E-state index contributed by atoms with van der Waals surface area (Å²) in [5.74, 6) is 1.07. The molecule has 0 aromatic heterocycles. The third kappa shape index (κ3) is 4.91. The number of rotatable bonds is 6. The van der Waals surface area contributed by atoms with Crippen molar-refractivity contribution >= 4 is 11.7 Å². The monoisotopic (exact) mass is 381 g/mol. The Kier molecular flexibility index (Phi) is 6.34. The van der Waals surface area contributed by atoms with E-state index in [1.54, 1.807) is 12.1 Å². The number of phenolic OH excluding ortho intramolecular Hbond substituents is 1. The second-order valence-corrected chi connectivity index (χ2v) is 7.43. The number of hydrogen-bond donors (Lipinski definition) is 1. The van der Waals surface area contributed by atoms with Crippen molar-refractivity contribution in [1.29, 1.82) is 0 Å². The Morgan fingerprint density at radius 1 is 1.07 bits per heavy atom. The third-order valence-corrected chi connectivity index (χ3v) is 5.29. The van der Waals surface area contributed by atoms with Crippen molar-refractivity contribution in [2.75, 3.05) is 19.7 Å². The van der Waals surface area contributed by atoms with Crippen molar-refractivity contribution in [2.24, 2.45) is 5.92 Å². The summed E-state index contributed by atoms with van der Waals surface area (Å²) in [6.07, 6.45) is 1.68. The lowest BCUT2D eigenvalue weighted by Crippen LogP contribution is -2.40. The molecule has 0 atom stereocenters. The number of Topliss-reactive ketones (excluding diaryl/α,β-unsaturated/α-hetero) is 1. The molecule has 148 valence electrons. The Bertz CT molecular complexity index is 836. The summed E-state index contributed by atoms with van der Waals surface area (Å²) >= 11 is 0. The number of piperidine rings is 1. The molecule has 2 aromatic carbocycles. The van der Waals surface area contributed by atoms with Crippen LogP contribution in [-0.2, 0) is 4.79 Å². The fourth-order valence-corrected chi connectivity index (χ4v) is 3.52. The molecule has 1 N–H and O–H groups in total. The average Bonchev–Trinajstić information content (AvgIpc) is 2.70. The van der Waals surface area contributed by atoms with Crippen LogP contribution in [0.15, 0.2) is 42.5 Å². The maximum Gasteiger partial charge on any atom is 0.225 e. The van der Waals surface area contributed by atoms with Gasteiger partial charge in [-0.15, -0.1) is 0 Å². The molecule has 1 fully saturated rings.